The Labute approximate surface area is 191 Å². The Morgan fingerprint density at radius 3 is 1.97 bits per heavy atom. The van der Waals surface area contributed by atoms with Crippen molar-refractivity contribution in [1.29, 1.82) is 0 Å². The van der Waals surface area contributed by atoms with Crippen molar-refractivity contribution in [3.8, 4) is 28.4 Å². The van der Waals surface area contributed by atoms with E-state index in [0.717, 1.165) is 11.1 Å². The van der Waals surface area contributed by atoms with Gasteiger partial charge in [0, 0.05) is 21.2 Å². The molecule has 31 heavy (non-hydrogen) atoms. The molecule has 0 saturated carbocycles. The van der Waals surface area contributed by atoms with Gasteiger partial charge >= 0.3 is 0 Å². The summed E-state index contributed by atoms with van der Waals surface area (Å²) in [5.74, 6) is 0.342. The predicted molar refractivity (Wildman–Crippen MR) is 123 cm³/mol. The molecule has 0 amide bonds. The average Bonchev–Trinajstić information content (AvgIpc) is 2.71. The fourth-order valence-electron chi connectivity index (χ4n) is 3.21. The second kappa shape index (κ2) is 8.74. The number of rotatable bonds is 6. The molecule has 1 aromatic heterocycles. The zero-order valence-corrected chi connectivity index (χ0v) is 19.3. The lowest BCUT2D eigenvalue weighted by atomic mass is 10.0. The molecule has 0 radical (unpaired) electrons. The minimum atomic E-state index is -3.27. The number of halogens is 2. The maximum Gasteiger partial charge on any atom is 0.233 e. The SMILES string of the molecule is CC(C)S(=O)(=O)N1CC(Oc2cnc(-c3ccc(Cl)cc3)c(-c3ccc(Cl)cc3)n2)C1. The number of sulfonamides is 1. The molecular weight excluding hydrogens is 457 g/mol. The Bertz CT molecular complexity index is 1180. The van der Waals surface area contributed by atoms with Crippen LogP contribution in [0.25, 0.3) is 22.5 Å². The summed E-state index contributed by atoms with van der Waals surface area (Å²) in [6, 6.07) is 14.7. The van der Waals surface area contributed by atoms with Gasteiger partial charge in [0.2, 0.25) is 15.9 Å². The first-order chi connectivity index (χ1) is 14.7. The van der Waals surface area contributed by atoms with E-state index in [1.54, 1.807) is 44.3 Å². The van der Waals surface area contributed by atoms with Crippen LogP contribution in [0.1, 0.15) is 13.8 Å². The first kappa shape index (κ1) is 22.0. The second-order valence-corrected chi connectivity index (χ2v) is 10.9. The molecular formula is C22H21Cl2N3O3S. The summed E-state index contributed by atoms with van der Waals surface area (Å²) in [6.07, 6.45) is 1.30. The Morgan fingerprint density at radius 1 is 0.935 bits per heavy atom. The van der Waals surface area contributed by atoms with Crippen LogP contribution < -0.4 is 4.74 Å². The van der Waals surface area contributed by atoms with Crippen molar-refractivity contribution in [3.05, 3.63) is 64.8 Å². The molecule has 162 valence electrons. The summed E-state index contributed by atoms with van der Waals surface area (Å²) < 4.78 is 31.8. The maximum absolute atomic E-state index is 12.2. The summed E-state index contributed by atoms with van der Waals surface area (Å²) in [4.78, 5) is 9.28. The van der Waals surface area contributed by atoms with Crippen LogP contribution in [0.5, 0.6) is 5.88 Å². The molecule has 1 aliphatic heterocycles. The first-order valence-corrected chi connectivity index (χ1v) is 12.0. The highest BCUT2D eigenvalue weighted by Gasteiger charge is 2.39. The lowest BCUT2D eigenvalue weighted by Crippen LogP contribution is -2.57. The van der Waals surface area contributed by atoms with Crippen molar-refractivity contribution in [2.45, 2.75) is 25.2 Å². The second-order valence-electron chi connectivity index (χ2n) is 7.57. The largest absolute Gasteiger partial charge is 0.470 e. The highest BCUT2D eigenvalue weighted by molar-refractivity contribution is 7.89. The van der Waals surface area contributed by atoms with Gasteiger partial charge in [0.05, 0.1) is 30.2 Å². The smallest absolute Gasteiger partial charge is 0.233 e. The summed E-state index contributed by atoms with van der Waals surface area (Å²) in [5, 5.41) is 0.803. The van der Waals surface area contributed by atoms with Crippen molar-refractivity contribution in [2.24, 2.45) is 0 Å². The molecule has 0 aliphatic carbocycles. The Hall–Kier alpha value is -2.19. The number of benzene rings is 2. The van der Waals surface area contributed by atoms with Gasteiger partial charge in [0.25, 0.3) is 0 Å². The lowest BCUT2D eigenvalue weighted by molar-refractivity contribution is 0.0713. The summed E-state index contributed by atoms with van der Waals surface area (Å²) in [6.45, 7) is 3.95. The molecule has 0 N–H and O–H groups in total. The number of hydrogen-bond acceptors (Lipinski definition) is 5. The van der Waals surface area contributed by atoms with E-state index in [0.29, 0.717) is 40.4 Å². The van der Waals surface area contributed by atoms with Crippen LogP contribution in [0.3, 0.4) is 0 Å². The summed E-state index contributed by atoms with van der Waals surface area (Å²) in [5.41, 5.74) is 3.03. The standard InChI is InChI=1S/C22H21Cl2N3O3S/c1-14(2)31(28,29)27-12-19(13-27)30-20-11-25-21(15-3-7-17(23)8-4-15)22(26-20)16-5-9-18(24)10-6-16/h3-11,14,19H,12-13H2,1-2H3. The monoisotopic (exact) mass is 477 g/mol. The highest BCUT2D eigenvalue weighted by Crippen LogP contribution is 2.32. The van der Waals surface area contributed by atoms with Crippen molar-refractivity contribution in [3.63, 3.8) is 0 Å². The number of aromatic nitrogens is 2. The van der Waals surface area contributed by atoms with Gasteiger partial charge in [-0.05, 0) is 38.1 Å². The van der Waals surface area contributed by atoms with Gasteiger partial charge in [-0.15, -0.1) is 0 Å². The third-order valence-corrected chi connectivity index (χ3v) is 7.76. The van der Waals surface area contributed by atoms with E-state index in [1.807, 2.05) is 24.3 Å². The first-order valence-electron chi connectivity index (χ1n) is 9.78. The minimum absolute atomic E-state index is 0.262. The molecule has 4 rings (SSSR count). The van der Waals surface area contributed by atoms with Crippen molar-refractivity contribution >= 4 is 33.2 Å². The highest BCUT2D eigenvalue weighted by atomic mass is 35.5. The van der Waals surface area contributed by atoms with Gasteiger partial charge in [0.1, 0.15) is 11.8 Å². The lowest BCUT2D eigenvalue weighted by Gasteiger charge is -2.38. The molecule has 6 nitrogen and oxygen atoms in total. The van der Waals surface area contributed by atoms with E-state index in [2.05, 4.69) is 9.97 Å². The number of ether oxygens (including phenoxy) is 1. The van der Waals surface area contributed by atoms with Gasteiger partial charge in [-0.25, -0.2) is 18.4 Å². The minimum Gasteiger partial charge on any atom is -0.470 e. The van der Waals surface area contributed by atoms with Crippen molar-refractivity contribution in [2.75, 3.05) is 13.1 Å². The van der Waals surface area contributed by atoms with E-state index in [1.165, 1.54) is 4.31 Å². The van der Waals surface area contributed by atoms with Crippen LogP contribution in [0, 0.1) is 0 Å². The Balaban J connectivity index is 1.61. The molecule has 0 bridgehead atoms. The summed E-state index contributed by atoms with van der Waals surface area (Å²) >= 11 is 12.1. The van der Waals surface area contributed by atoms with E-state index in [9.17, 15) is 8.42 Å². The molecule has 2 heterocycles. The molecule has 0 unspecified atom stereocenters. The van der Waals surface area contributed by atoms with Crippen LogP contribution in [0.15, 0.2) is 54.7 Å². The van der Waals surface area contributed by atoms with E-state index >= 15 is 0 Å². The molecule has 2 aromatic carbocycles. The maximum atomic E-state index is 12.2. The molecule has 3 aromatic rings. The molecule has 1 saturated heterocycles. The van der Waals surface area contributed by atoms with E-state index in [-0.39, 0.29) is 6.10 Å². The van der Waals surface area contributed by atoms with Crippen LogP contribution >= 0.6 is 23.2 Å². The summed E-state index contributed by atoms with van der Waals surface area (Å²) in [7, 11) is -3.27. The molecule has 9 heteroatoms. The Kier molecular flexibility index (Phi) is 6.21. The fourth-order valence-corrected chi connectivity index (χ4v) is 4.81. The van der Waals surface area contributed by atoms with Crippen molar-refractivity contribution in [1.82, 2.24) is 14.3 Å². The molecule has 0 spiro atoms. The van der Waals surface area contributed by atoms with Crippen LogP contribution in [0.2, 0.25) is 10.0 Å². The van der Waals surface area contributed by atoms with Gasteiger partial charge in [-0.2, -0.15) is 4.31 Å². The molecule has 1 aliphatic rings. The predicted octanol–water partition coefficient (Wildman–Crippen LogP) is 4.92. The van der Waals surface area contributed by atoms with E-state index in [4.69, 9.17) is 27.9 Å². The topological polar surface area (TPSA) is 72.4 Å². The quantitative estimate of drug-likeness (QED) is 0.503. The van der Waals surface area contributed by atoms with E-state index < -0.39 is 15.3 Å². The van der Waals surface area contributed by atoms with Crippen molar-refractivity contribution < 1.29 is 13.2 Å². The van der Waals surface area contributed by atoms with Gasteiger partial charge in [-0.3, -0.25) is 0 Å². The Morgan fingerprint density at radius 2 is 1.45 bits per heavy atom. The third-order valence-electron chi connectivity index (χ3n) is 5.04. The van der Waals surface area contributed by atoms with Crippen LogP contribution in [-0.4, -0.2) is 47.1 Å². The van der Waals surface area contributed by atoms with Crippen LogP contribution in [-0.2, 0) is 10.0 Å². The zero-order valence-electron chi connectivity index (χ0n) is 17.0. The zero-order chi connectivity index (χ0) is 22.2. The van der Waals surface area contributed by atoms with Gasteiger partial charge in [0.15, 0.2) is 0 Å². The number of nitrogens with zero attached hydrogens (tertiary/aromatic N) is 3. The van der Waals surface area contributed by atoms with Crippen LogP contribution in [0.4, 0.5) is 0 Å². The molecule has 1 fully saturated rings. The van der Waals surface area contributed by atoms with Gasteiger partial charge < -0.3 is 4.74 Å². The normalized spacial score (nSPS) is 15.1. The number of hydrogen-bond donors (Lipinski definition) is 0. The fraction of sp³-hybridized carbons (Fsp3) is 0.273. The van der Waals surface area contributed by atoms with Gasteiger partial charge in [-0.1, -0.05) is 47.5 Å². The molecule has 0 atom stereocenters. The average molecular weight is 478 g/mol. The third kappa shape index (κ3) is 4.70.